The Morgan fingerprint density at radius 3 is 2.60 bits per heavy atom. The van der Waals surface area contributed by atoms with E-state index in [1.165, 1.54) is 13.1 Å². The first-order chi connectivity index (χ1) is 9.29. The predicted molar refractivity (Wildman–Crippen MR) is 70.7 cm³/mol. The molecule has 8 heteroatoms. The normalized spacial score (nSPS) is 12.0. The fraction of sp³-hybridized carbons (Fsp3) is 0.250. The van der Waals surface area contributed by atoms with E-state index in [1.54, 1.807) is 13.0 Å². The highest BCUT2D eigenvalue weighted by Gasteiger charge is 2.23. The molecule has 2 aromatic rings. The second kappa shape index (κ2) is 5.22. The van der Waals surface area contributed by atoms with Crippen LogP contribution < -0.4 is 5.73 Å². The number of rotatable bonds is 4. The number of nitrogens with zero attached hydrogens (tertiary/aromatic N) is 2. The highest BCUT2D eigenvalue weighted by atomic mass is 32.2. The molecule has 0 aliphatic heterocycles. The third-order valence-electron chi connectivity index (χ3n) is 2.66. The van der Waals surface area contributed by atoms with Crippen LogP contribution in [-0.2, 0) is 16.6 Å². The van der Waals surface area contributed by atoms with Crippen molar-refractivity contribution in [3.8, 4) is 0 Å². The maximum absolute atomic E-state index is 13.3. The molecule has 0 fully saturated rings. The van der Waals surface area contributed by atoms with Gasteiger partial charge in [-0.15, -0.1) is 0 Å². The molecule has 20 heavy (non-hydrogen) atoms. The third-order valence-corrected chi connectivity index (χ3v) is 4.44. The molecule has 0 amide bonds. The Bertz CT molecular complexity index is 707. The van der Waals surface area contributed by atoms with Gasteiger partial charge in [-0.1, -0.05) is 5.16 Å². The Balaban J connectivity index is 2.29. The van der Waals surface area contributed by atoms with Crippen LogP contribution >= 0.6 is 0 Å². The van der Waals surface area contributed by atoms with Gasteiger partial charge in [0, 0.05) is 18.8 Å². The second-order valence-electron chi connectivity index (χ2n) is 4.41. The zero-order valence-electron chi connectivity index (χ0n) is 11.0. The molecule has 0 unspecified atom stereocenters. The summed E-state index contributed by atoms with van der Waals surface area (Å²) in [4.78, 5) is -0.197. The summed E-state index contributed by atoms with van der Waals surface area (Å²) in [5.74, 6) is -0.116. The Morgan fingerprint density at radius 2 is 2.05 bits per heavy atom. The lowest BCUT2D eigenvalue weighted by Gasteiger charge is -2.16. The van der Waals surface area contributed by atoms with Crippen molar-refractivity contribution in [1.29, 1.82) is 0 Å². The number of hydrogen-bond acceptors (Lipinski definition) is 5. The van der Waals surface area contributed by atoms with E-state index in [9.17, 15) is 12.8 Å². The molecule has 0 saturated carbocycles. The third kappa shape index (κ3) is 2.97. The van der Waals surface area contributed by atoms with Crippen molar-refractivity contribution in [2.45, 2.75) is 18.4 Å². The average molecular weight is 299 g/mol. The fourth-order valence-corrected chi connectivity index (χ4v) is 2.93. The minimum Gasteiger partial charge on any atom is -0.399 e. The molecule has 0 atom stereocenters. The van der Waals surface area contributed by atoms with Crippen molar-refractivity contribution in [1.82, 2.24) is 9.46 Å². The summed E-state index contributed by atoms with van der Waals surface area (Å²) in [6.45, 7) is 1.73. The number of anilines is 1. The molecule has 2 rings (SSSR count). The quantitative estimate of drug-likeness (QED) is 0.865. The standard InChI is InChI=1S/C12H14FN3O3S/c1-8-3-11(15-19-8)7-16(2)20(17,18)12-5-9(13)4-10(14)6-12/h3-6H,7,14H2,1-2H3. The fourth-order valence-electron chi connectivity index (χ4n) is 1.72. The van der Waals surface area contributed by atoms with Crippen LogP contribution in [0.4, 0.5) is 10.1 Å². The van der Waals surface area contributed by atoms with Gasteiger partial charge in [0.2, 0.25) is 10.0 Å². The molecule has 1 aromatic carbocycles. The van der Waals surface area contributed by atoms with Crippen LogP contribution in [0.3, 0.4) is 0 Å². The van der Waals surface area contributed by atoms with E-state index in [1.807, 2.05) is 0 Å². The number of nitrogen functional groups attached to an aromatic ring is 1. The Morgan fingerprint density at radius 1 is 1.35 bits per heavy atom. The maximum atomic E-state index is 13.3. The molecule has 108 valence electrons. The summed E-state index contributed by atoms with van der Waals surface area (Å²) in [5.41, 5.74) is 5.98. The Kier molecular flexibility index (Phi) is 3.78. The zero-order valence-corrected chi connectivity index (χ0v) is 11.8. The summed E-state index contributed by atoms with van der Waals surface area (Å²) >= 11 is 0. The van der Waals surface area contributed by atoms with Crippen LogP contribution in [-0.4, -0.2) is 24.9 Å². The predicted octanol–water partition coefficient (Wildman–Crippen LogP) is 1.53. The van der Waals surface area contributed by atoms with E-state index in [0.717, 1.165) is 16.4 Å². The first-order valence-corrected chi connectivity index (χ1v) is 7.17. The number of aryl methyl sites for hydroxylation is 1. The lowest BCUT2D eigenvalue weighted by molar-refractivity contribution is 0.378. The van der Waals surface area contributed by atoms with Crippen molar-refractivity contribution in [2.75, 3.05) is 12.8 Å². The second-order valence-corrected chi connectivity index (χ2v) is 6.46. The zero-order chi connectivity index (χ0) is 14.9. The number of hydrogen-bond donors (Lipinski definition) is 1. The minimum absolute atomic E-state index is 0.0239. The minimum atomic E-state index is -3.84. The summed E-state index contributed by atoms with van der Waals surface area (Å²) in [7, 11) is -2.47. The highest BCUT2D eigenvalue weighted by molar-refractivity contribution is 7.89. The number of benzene rings is 1. The molecule has 0 spiro atoms. The number of nitrogens with two attached hydrogens (primary N) is 1. The summed E-state index contributed by atoms with van der Waals surface area (Å²) in [5, 5.41) is 3.72. The summed E-state index contributed by atoms with van der Waals surface area (Å²) in [6.07, 6.45) is 0. The van der Waals surface area contributed by atoms with Crippen molar-refractivity contribution in [3.05, 3.63) is 41.5 Å². The Labute approximate surface area is 116 Å². The molecule has 1 aromatic heterocycles. The van der Waals surface area contributed by atoms with E-state index in [4.69, 9.17) is 10.3 Å². The van der Waals surface area contributed by atoms with Gasteiger partial charge < -0.3 is 10.3 Å². The van der Waals surface area contributed by atoms with Crippen LogP contribution in [0, 0.1) is 12.7 Å². The van der Waals surface area contributed by atoms with Crippen molar-refractivity contribution < 1.29 is 17.3 Å². The molecular weight excluding hydrogens is 285 g/mol. The van der Waals surface area contributed by atoms with E-state index >= 15 is 0 Å². The van der Waals surface area contributed by atoms with Crippen molar-refractivity contribution >= 4 is 15.7 Å². The van der Waals surface area contributed by atoms with Gasteiger partial charge in [0.05, 0.1) is 17.1 Å². The average Bonchev–Trinajstić information content (AvgIpc) is 2.73. The first kappa shape index (κ1) is 14.5. The SMILES string of the molecule is Cc1cc(CN(C)S(=O)(=O)c2cc(N)cc(F)c2)no1. The lowest BCUT2D eigenvalue weighted by Crippen LogP contribution is -2.26. The van der Waals surface area contributed by atoms with Gasteiger partial charge in [-0.2, -0.15) is 4.31 Å². The maximum Gasteiger partial charge on any atom is 0.243 e. The molecule has 0 aliphatic carbocycles. The smallest absolute Gasteiger partial charge is 0.243 e. The summed E-state index contributed by atoms with van der Waals surface area (Å²) < 4.78 is 43.8. The molecule has 2 N–H and O–H groups in total. The van der Waals surface area contributed by atoms with Gasteiger partial charge in [-0.05, 0) is 25.1 Å². The van der Waals surface area contributed by atoms with Gasteiger partial charge >= 0.3 is 0 Å². The molecule has 1 heterocycles. The molecule has 6 nitrogen and oxygen atoms in total. The van der Waals surface area contributed by atoms with Gasteiger partial charge in [0.1, 0.15) is 11.6 Å². The number of aromatic nitrogens is 1. The molecule has 0 bridgehead atoms. The van der Waals surface area contributed by atoms with Gasteiger partial charge in [-0.3, -0.25) is 0 Å². The van der Waals surface area contributed by atoms with Crippen LogP contribution in [0.5, 0.6) is 0 Å². The van der Waals surface area contributed by atoms with Gasteiger partial charge in [0.15, 0.2) is 0 Å². The van der Waals surface area contributed by atoms with Crippen LogP contribution in [0.1, 0.15) is 11.5 Å². The monoisotopic (exact) mass is 299 g/mol. The van der Waals surface area contributed by atoms with E-state index < -0.39 is 15.8 Å². The van der Waals surface area contributed by atoms with Crippen molar-refractivity contribution in [2.24, 2.45) is 0 Å². The van der Waals surface area contributed by atoms with Gasteiger partial charge in [0.25, 0.3) is 0 Å². The van der Waals surface area contributed by atoms with E-state index in [0.29, 0.717) is 11.5 Å². The largest absolute Gasteiger partial charge is 0.399 e. The Hall–Kier alpha value is -1.93. The molecular formula is C12H14FN3O3S. The number of halogens is 1. The van der Waals surface area contributed by atoms with Crippen LogP contribution in [0.15, 0.2) is 33.7 Å². The van der Waals surface area contributed by atoms with E-state index in [-0.39, 0.29) is 17.1 Å². The lowest BCUT2D eigenvalue weighted by atomic mass is 10.3. The van der Waals surface area contributed by atoms with E-state index in [2.05, 4.69) is 5.16 Å². The molecule has 0 saturated heterocycles. The van der Waals surface area contributed by atoms with Crippen LogP contribution in [0.25, 0.3) is 0 Å². The highest BCUT2D eigenvalue weighted by Crippen LogP contribution is 2.20. The topological polar surface area (TPSA) is 89.4 Å². The van der Waals surface area contributed by atoms with Crippen molar-refractivity contribution in [3.63, 3.8) is 0 Å². The van der Waals surface area contributed by atoms with Crippen LogP contribution in [0.2, 0.25) is 0 Å². The first-order valence-electron chi connectivity index (χ1n) is 5.73. The summed E-state index contributed by atoms with van der Waals surface area (Å²) in [6, 6.07) is 4.82. The van der Waals surface area contributed by atoms with Gasteiger partial charge in [-0.25, -0.2) is 12.8 Å². The molecule has 0 aliphatic rings. The number of sulfonamides is 1. The molecule has 0 radical (unpaired) electrons.